The van der Waals surface area contributed by atoms with Crippen LogP contribution in [0.4, 0.5) is 0 Å². The molecule has 1 heterocycles. The normalized spacial score (nSPS) is 16.0. The molecule has 152 valence electrons. The first kappa shape index (κ1) is 23.7. The van der Waals surface area contributed by atoms with Crippen LogP contribution in [0.25, 0.3) is 0 Å². The van der Waals surface area contributed by atoms with Crippen LogP contribution in [0.2, 0.25) is 0 Å². The highest BCUT2D eigenvalue weighted by Gasteiger charge is 2.21. The van der Waals surface area contributed by atoms with E-state index in [2.05, 4.69) is 39.7 Å². The van der Waals surface area contributed by atoms with E-state index in [0.29, 0.717) is 30.7 Å². The number of halogens is 1. The van der Waals surface area contributed by atoms with Gasteiger partial charge in [0.25, 0.3) is 5.91 Å². The number of carbonyl (C=O) groups excluding carboxylic acids is 1. The number of guanidine groups is 1. The molecule has 7 heteroatoms. The molecule has 1 aliphatic heterocycles. The second-order valence-corrected chi connectivity index (χ2v) is 7.03. The molecule has 1 fully saturated rings. The lowest BCUT2D eigenvalue weighted by Gasteiger charge is -2.35. The molecule has 1 aliphatic rings. The third-order valence-corrected chi connectivity index (χ3v) is 4.84. The van der Waals surface area contributed by atoms with Gasteiger partial charge in [-0.25, -0.2) is 0 Å². The number of likely N-dealkylation sites (tertiary alicyclic amines) is 1. The molecule has 0 aliphatic carbocycles. The molecule has 0 spiro atoms. The lowest BCUT2D eigenvalue weighted by atomic mass is 10.0. The Morgan fingerprint density at radius 3 is 2.33 bits per heavy atom. The lowest BCUT2D eigenvalue weighted by Crippen LogP contribution is -2.49. The van der Waals surface area contributed by atoms with Crippen molar-refractivity contribution >= 4 is 35.8 Å². The van der Waals surface area contributed by atoms with E-state index < -0.39 is 0 Å². The van der Waals surface area contributed by atoms with E-state index >= 15 is 0 Å². The molecule has 0 unspecified atom stereocenters. The maximum absolute atomic E-state index is 11.8. The van der Waals surface area contributed by atoms with Crippen molar-refractivity contribution in [2.75, 3.05) is 26.7 Å². The van der Waals surface area contributed by atoms with Gasteiger partial charge in [-0.15, -0.1) is 24.0 Å². The van der Waals surface area contributed by atoms with Crippen LogP contribution < -0.4 is 16.0 Å². The average molecular weight is 487 g/mol. The first-order valence-electron chi connectivity index (χ1n) is 9.61. The highest BCUT2D eigenvalue weighted by atomic mass is 127. The molecule has 0 aromatic heterocycles. The second kappa shape index (κ2) is 12.2. The van der Waals surface area contributed by atoms with E-state index in [-0.39, 0.29) is 29.9 Å². The summed E-state index contributed by atoms with van der Waals surface area (Å²) in [5, 5.41) is 9.70. The highest BCUT2D eigenvalue weighted by molar-refractivity contribution is 14.0. The zero-order chi connectivity index (χ0) is 18.9. The van der Waals surface area contributed by atoms with Crippen LogP contribution in [0.5, 0.6) is 0 Å². The number of carbonyl (C=O) groups is 1. The minimum absolute atomic E-state index is 0. The van der Waals surface area contributed by atoms with E-state index in [9.17, 15) is 4.79 Å². The summed E-state index contributed by atoms with van der Waals surface area (Å²) in [6.45, 7) is 10.0. The monoisotopic (exact) mass is 487 g/mol. The third kappa shape index (κ3) is 7.65. The highest BCUT2D eigenvalue weighted by Crippen LogP contribution is 2.13. The van der Waals surface area contributed by atoms with Crippen LogP contribution in [-0.2, 0) is 6.54 Å². The van der Waals surface area contributed by atoms with Gasteiger partial charge in [0.15, 0.2) is 5.96 Å². The summed E-state index contributed by atoms with van der Waals surface area (Å²) in [5.41, 5.74) is 1.81. The minimum atomic E-state index is -0.0303. The summed E-state index contributed by atoms with van der Waals surface area (Å²) in [6.07, 6.45) is 2.28. The second-order valence-electron chi connectivity index (χ2n) is 7.03. The van der Waals surface area contributed by atoms with Gasteiger partial charge in [-0.1, -0.05) is 12.1 Å². The van der Waals surface area contributed by atoms with Crippen LogP contribution in [-0.4, -0.2) is 55.5 Å². The SMILES string of the molecule is CCNC(=O)c1ccc(CNC(=NC)NC2CCN(C(C)C)CC2)cc1.I. The van der Waals surface area contributed by atoms with Gasteiger partial charge in [0, 0.05) is 50.9 Å². The van der Waals surface area contributed by atoms with Crippen LogP contribution in [0, 0.1) is 0 Å². The molecule has 0 saturated carbocycles. The first-order valence-corrected chi connectivity index (χ1v) is 9.61. The van der Waals surface area contributed by atoms with Gasteiger partial charge in [0.2, 0.25) is 0 Å². The van der Waals surface area contributed by atoms with Gasteiger partial charge in [0.1, 0.15) is 0 Å². The zero-order valence-corrected chi connectivity index (χ0v) is 19.2. The number of amides is 1. The fourth-order valence-electron chi connectivity index (χ4n) is 3.17. The van der Waals surface area contributed by atoms with E-state index in [1.807, 2.05) is 31.2 Å². The van der Waals surface area contributed by atoms with Crippen LogP contribution in [0.1, 0.15) is 49.5 Å². The number of hydrogen-bond donors (Lipinski definition) is 3. The van der Waals surface area contributed by atoms with Crippen molar-refractivity contribution in [3.05, 3.63) is 35.4 Å². The Hall–Kier alpha value is -1.35. The minimum Gasteiger partial charge on any atom is -0.354 e. The number of aliphatic imine (C=N–C) groups is 1. The fraction of sp³-hybridized carbons (Fsp3) is 0.600. The van der Waals surface area contributed by atoms with Crippen molar-refractivity contribution in [1.82, 2.24) is 20.9 Å². The Kier molecular flexibility index (Phi) is 10.7. The summed E-state index contributed by atoms with van der Waals surface area (Å²) < 4.78 is 0. The maximum atomic E-state index is 11.8. The Morgan fingerprint density at radius 2 is 1.81 bits per heavy atom. The largest absolute Gasteiger partial charge is 0.354 e. The quantitative estimate of drug-likeness (QED) is 0.328. The maximum Gasteiger partial charge on any atom is 0.251 e. The molecular formula is C20H34IN5O. The molecule has 3 N–H and O–H groups in total. The van der Waals surface area contributed by atoms with Gasteiger partial charge in [-0.3, -0.25) is 9.79 Å². The molecule has 2 rings (SSSR count). The predicted molar refractivity (Wildman–Crippen MR) is 123 cm³/mol. The number of nitrogens with one attached hydrogen (secondary N) is 3. The summed E-state index contributed by atoms with van der Waals surface area (Å²) in [4.78, 5) is 18.7. The molecule has 27 heavy (non-hydrogen) atoms. The van der Waals surface area contributed by atoms with Crippen molar-refractivity contribution in [3.8, 4) is 0 Å². The van der Waals surface area contributed by atoms with Crippen molar-refractivity contribution in [2.24, 2.45) is 4.99 Å². The molecule has 0 atom stereocenters. The van der Waals surface area contributed by atoms with Gasteiger partial charge in [0.05, 0.1) is 0 Å². The summed E-state index contributed by atoms with van der Waals surface area (Å²) in [5.74, 6) is 0.804. The van der Waals surface area contributed by atoms with Gasteiger partial charge >= 0.3 is 0 Å². The van der Waals surface area contributed by atoms with E-state index in [4.69, 9.17) is 0 Å². The molecule has 6 nitrogen and oxygen atoms in total. The molecule has 1 saturated heterocycles. The predicted octanol–water partition coefficient (Wildman–Crippen LogP) is 2.59. The molecule has 0 radical (unpaired) electrons. The number of nitrogens with zero attached hydrogens (tertiary/aromatic N) is 2. The Morgan fingerprint density at radius 1 is 1.19 bits per heavy atom. The van der Waals surface area contributed by atoms with Crippen molar-refractivity contribution < 1.29 is 4.79 Å². The van der Waals surface area contributed by atoms with Crippen molar-refractivity contribution in [1.29, 1.82) is 0 Å². The third-order valence-electron chi connectivity index (χ3n) is 4.84. The van der Waals surface area contributed by atoms with Gasteiger partial charge in [-0.2, -0.15) is 0 Å². The number of rotatable bonds is 6. The summed E-state index contributed by atoms with van der Waals surface area (Å²) >= 11 is 0. The van der Waals surface area contributed by atoms with Crippen molar-refractivity contribution in [2.45, 2.75) is 52.2 Å². The van der Waals surface area contributed by atoms with Gasteiger partial charge < -0.3 is 20.9 Å². The van der Waals surface area contributed by atoms with Crippen LogP contribution in [0.3, 0.4) is 0 Å². The Balaban J connectivity index is 0.00000364. The zero-order valence-electron chi connectivity index (χ0n) is 16.9. The van der Waals surface area contributed by atoms with E-state index in [0.717, 1.165) is 37.5 Å². The molecular weight excluding hydrogens is 453 g/mol. The molecule has 1 aromatic carbocycles. The Bertz CT molecular complexity index is 595. The molecule has 1 amide bonds. The number of piperidine rings is 1. The molecule has 0 bridgehead atoms. The van der Waals surface area contributed by atoms with E-state index in [1.165, 1.54) is 0 Å². The van der Waals surface area contributed by atoms with Crippen molar-refractivity contribution in [3.63, 3.8) is 0 Å². The van der Waals surface area contributed by atoms with Crippen LogP contribution >= 0.6 is 24.0 Å². The lowest BCUT2D eigenvalue weighted by molar-refractivity contribution is 0.0956. The average Bonchev–Trinajstić information content (AvgIpc) is 2.66. The standard InChI is InChI=1S/C20H33N5O.HI/c1-5-22-19(26)17-8-6-16(7-9-17)14-23-20(21-4)24-18-10-12-25(13-11-18)15(2)3;/h6-9,15,18H,5,10-14H2,1-4H3,(H,22,26)(H2,21,23,24);1H. The molecule has 1 aromatic rings. The Labute approximate surface area is 180 Å². The fourth-order valence-corrected chi connectivity index (χ4v) is 3.17. The number of benzene rings is 1. The first-order chi connectivity index (χ1) is 12.5. The van der Waals surface area contributed by atoms with Gasteiger partial charge in [-0.05, 0) is 51.3 Å². The summed E-state index contributed by atoms with van der Waals surface area (Å²) in [7, 11) is 1.80. The summed E-state index contributed by atoms with van der Waals surface area (Å²) in [6, 6.07) is 8.77. The number of hydrogen-bond acceptors (Lipinski definition) is 3. The van der Waals surface area contributed by atoms with Crippen LogP contribution in [0.15, 0.2) is 29.3 Å². The van der Waals surface area contributed by atoms with E-state index in [1.54, 1.807) is 7.05 Å². The smallest absolute Gasteiger partial charge is 0.251 e. The topological polar surface area (TPSA) is 68.8 Å².